The molecular formula is C23H27FN2O4. The highest BCUT2D eigenvalue weighted by atomic mass is 19.1. The Morgan fingerprint density at radius 3 is 2.37 bits per heavy atom. The number of ether oxygens (including phenoxy) is 2. The van der Waals surface area contributed by atoms with Gasteiger partial charge in [0.05, 0.1) is 18.7 Å². The first kappa shape index (κ1) is 21.8. The smallest absolute Gasteiger partial charge is 0.407 e. The van der Waals surface area contributed by atoms with Gasteiger partial charge < -0.3 is 19.7 Å². The van der Waals surface area contributed by atoms with Crippen molar-refractivity contribution in [2.75, 3.05) is 4.90 Å². The molecule has 2 amide bonds. The molecule has 0 aliphatic carbocycles. The Hall–Kier alpha value is -2.93. The Balaban J connectivity index is 1.76. The average molecular weight is 414 g/mol. The molecule has 0 aromatic heterocycles. The van der Waals surface area contributed by atoms with Crippen LogP contribution in [0.25, 0.3) is 0 Å². The van der Waals surface area contributed by atoms with E-state index in [0.29, 0.717) is 5.69 Å². The molecule has 0 radical (unpaired) electrons. The van der Waals surface area contributed by atoms with E-state index >= 15 is 0 Å². The van der Waals surface area contributed by atoms with Crippen LogP contribution in [0.15, 0.2) is 54.6 Å². The maximum absolute atomic E-state index is 13.3. The molecule has 30 heavy (non-hydrogen) atoms. The van der Waals surface area contributed by atoms with Gasteiger partial charge in [0.15, 0.2) is 6.10 Å². The average Bonchev–Trinajstić information content (AvgIpc) is 2.66. The predicted molar refractivity (Wildman–Crippen MR) is 112 cm³/mol. The van der Waals surface area contributed by atoms with Crippen molar-refractivity contribution in [2.45, 2.75) is 58.1 Å². The minimum Gasteiger partial charge on any atom is -0.444 e. The molecule has 0 bridgehead atoms. The molecule has 0 saturated carbocycles. The van der Waals surface area contributed by atoms with E-state index in [1.54, 1.807) is 27.7 Å². The van der Waals surface area contributed by atoms with E-state index in [4.69, 9.17) is 9.47 Å². The highest BCUT2D eigenvalue weighted by Gasteiger charge is 2.52. The number of β-lactam (4-membered cyclic amide) rings is 1. The highest BCUT2D eigenvalue weighted by molar-refractivity contribution is 6.05. The number of carbonyl (C=O) groups excluding carboxylic acids is 2. The zero-order valence-corrected chi connectivity index (χ0v) is 17.6. The van der Waals surface area contributed by atoms with Crippen LogP contribution in [0, 0.1) is 5.82 Å². The van der Waals surface area contributed by atoms with Crippen molar-refractivity contribution >= 4 is 17.7 Å². The second kappa shape index (κ2) is 8.83. The molecule has 7 heteroatoms. The summed E-state index contributed by atoms with van der Waals surface area (Å²) < 4.78 is 24.6. The van der Waals surface area contributed by atoms with Gasteiger partial charge in [-0.15, -0.1) is 0 Å². The van der Waals surface area contributed by atoms with E-state index in [1.807, 2.05) is 30.3 Å². The molecule has 3 atom stereocenters. The van der Waals surface area contributed by atoms with Gasteiger partial charge in [-0.2, -0.15) is 0 Å². The number of alkyl carbamates (subject to hydrolysis) is 1. The quantitative estimate of drug-likeness (QED) is 0.725. The van der Waals surface area contributed by atoms with Crippen LogP contribution in [-0.4, -0.2) is 35.8 Å². The van der Waals surface area contributed by atoms with Gasteiger partial charge in [0.1, 0.15) is 11.4 Å². The number of benzene rings is 2. The Kier molecular flexibility index (Phi) is 6.41. The molecule has 2 aromatic carbocycles. The third-order valence-corrected chi connectivity index (χ3v) is 4.72. The summed E-state index contributed by atoms with van der Waals surface area (Å²) in [7, 11) is 0. The van der Waals surface area contributed by atoms with E-state index in [0.717, 1.165) is 5.56 Å². The molecule has 3 rings (SSSR count). The van der Waals surface area contributed by atoms with Crippen LogP contribution in [0.3, 0.4) is 0 Å². The normalized spacial score (nSPS) is 19.8. The monoisotopic (exact) mass is 414 g/mol. The van der Waals surface area contributed by atoms with Crippen molar-refractivity contribution in [3.8, 4) is 0 Å². The Morgan fingerprint density at radius 2 is 1.77 bits per heavy atom. The predicted octanol–water partition coefficient (Wildman–Crippen LogP) is 4.04. The number of rotatable bonds is 6. The van der Waals surface area contributed by atoms with Crippen molar-refractivity contribution in [3.63, 3.8) is 0 Å². The number of carbonyl (C=O) groups is 2. The largest absolute Gasteiger partial charge is 0.444 e. The maximum Gasteiger partial charge on any atom is 0.407 e. The van der Waals surface area contributed by atoms with E-state index in [2.05, 4.69) is 5.32 Å². The maximum atomic E-state index is 13.3. The lowest BCUT2D eigenvalue weighted by molar-refractivity contribution is -0.144. The number of amides is 2. The molecule has 1 aliphatic heterocycles. The first-order valence-corrected chi connectivity index (χ1v) is 9.89. The fourth-order valence-corrected chi connectivity index (χ4v) is 3.38. The van der Waals surface area contributed by atoms with E-state index in [1.165, 1.54) is 29.2 Å². The van der Waals surface area contributed by atoms with Crippen molar-refractivity contribution in [2.24, 2.45) is 0 Å². The summed E-state index contributed by atoms with van der Waals surface area (Å²) in [5, 5.41) is 2.79. The van der Waals surface area contributed by atoms with Gasteiger partial charge in [-0.05, 0) is 57.5 Å². The fraction of sp³-hybridized carbons (Fsp3) is 0.391. The van der Waals surface area contributed by atoms with Gasteiger partial charge in [0.25, 0.3) is 5.91 Å². The molecule has 1 fully saturated rings. The molecule has 2 aromatic rings. The Labute approximate surface area is 176 Å². The van der Waals surface area contributed by atoms with Crippen molar-refractivity contribution in [3.05, 3.63) is 66.0 Å². The molecule has 160 valence electrons. The van der Waals surface area contributed by atoms with E-state index in [-0.39, 0.29) is 18.3 Å². The van der Waals surface area contributed by atoms with Crippen LogP contribution in [-0.2, 0) is 20.9 Å². The van der Waals surface area contributed by atoms with Crippen molar-refractivity contribution in [1.29, 1.82) is 0 Å². The third-order valence-electron chi connectivity index (χ3n) is 4.72. The van der Waals surface area contributed by atoms with Crippen LogP contribution in [0.5, 0.6) is 0 Å². The summed E-state index contributed by atoms with van der Waals surface area (Å²) in [4.78, 5) is 26.6. The van der Waals surface area contributed by atoms with Gasteiger partial charge >= 0.3 is 6.09 Å². The first-order valence-electron chi connectivity index (χ1n) is 9.89. The number of halogens is 1. The van der Waals surface area contributed by atoms with Gasteiger partial charge in [-0.3, -0.25) is 4.79 Å². The van der Waals surface area contributed by atoms with Crippen molar-refractivity contribution in [1.82, 2.24) is 5.32 Å². The fourth-order valence-electron chi connectivity index (χ4n) is 3.38. The van der Waals surface area contributed by atoms with Crippen LogP contribution in [0.4, 0.5) is 14.9 Å². The molecule has 1 saturated heterocycles. The zero-order valence-electron chi connectivity index (χ0n) is 17.6. The molecule has 1 aliphatic rings. The summed E-state index contributed by atoms with van der Waals surface area (Å²) in [6.45, 7) is 7.39. The van der Waals surface area contributed by atoms with Crippen molar-refractivity contribution < 1.29 is 23.5 Å². The van der Waals surface area contributed by atoms with Gasteiger partial charge in [-0.1, -0.05) is 30.3 Å². The lowest BCUT2D eigenvalue weighted by Crippen LogP contribution is -2.72. The SMILES string of the molecule is C[C@H](NC(=O)OC(C)(C)C)[C@@H]1[C@H](OCc2ccccc2)C(=O)N1c1ccc(F)cc1. The Morgan fingerprint density at radius 1 is 1.13 bits per heavy atom. The number of anilines is 1. The van der Waals surface area contributed by atoms with E-state index < -0.39 is 29.9 Å². The van der Waals surface area contributed by atoms with Crippen LogP contribution in [0.2, 0.25) is 0 Å². The lowest BCUT2D eigenvalue weighted by Gasteiger charge is -2.49. The standard InChI is InChI=1S/C23H27FN2O4/c1-15(25-22(28)30-23(2,3)4)19-20(29-14-16-8-6-5-7-9-16)21(27)26(19)18-12-10-17(24)11-13-18/h5-13,15,19-20H,14H2,1-4H3,(H,25,28)/t15-,19+,20-/m0/s1. The Bertz CT molecular complexity index is 880. The molecule has 0 unspecified atom stereocenters. The number of nitrogens with zero attached hydrogens (tertiary/aromatic N) is 1. The third kappa shape index (κ3) is 5.16. The second-order valence-corrected chi connectivity index (χ2v) is 8.33. The molecule has 1 N–H and O–H groups in total. The minimum absolute atomic E-state index is 0.236. The summed E-state index contributed by atoms with van der Waals surface area (Å²) in [5.41, 5.74) is 0.847. The minimum atomic E-state index is -0.736. The summed E-state index contributed by atoms with van der Waals surface area (Å²) in [6, 6.07) is 14.3. The number of nitrogens with one attached hydrogen (secondary N) is 1. The van der Waals surface area contributed by atoms with Gasteiger partial charge in [0.2, 0.25) is 0 Å². The molecular weight excluding hydrogens is 387 g/mol. The van der Waals surface area contributed by atoms with Gasteiger partial charge in [-0.25, -0.2) is 9.18 Å². The second-order valence-electron chi connectivity index (χ2n) is 8.33. The van der Waals surface area contributed by atoms with Crippen LogP contribution < -0.4 is 10.2 Å². The summed E-state index contributed by atoms with van der Waals surface area (Å²) >= 11 is 0. The summed E-state index contributed by atoms with van der Waals surface area (Å²) in [5.74, 6) is -0.625. The molecule has 0 spiro atoms. The van der Waals surface area contributed by atoms with Crippen LogP contribution >= 0.6 is 0 Å². The summed E-state index contributed by atoms with van der Waals surface area (Å²) in [6.07, 6.45) is -1.31. The van der Waals surface area contributed by atoms with Crippen LogP contribution in [0.1, 0.15) is 33.3 Å². The zero-order chi connectivity index (χ0) is 21.9. The van der Waals surface area contributed by atoms with Gasteiger partial charge in [0, 0.05) is 5.69 Å². The lowest BCUT2D eigenvalue weighted by atomic mass is 9.90. The number of hydrogen-bond donors (Lipinski definition) is 1. The first-order chi connectivity index (χ1) is 14.2. The molecule has 1 heterocycles. The topological polar surface area (TPSA) is 67.9 Å². The van der Waals surface area contributed by atoms with E-state index in [9.17, 15) is 14.0 Å². The number of hydrogen-bond acceptors (Lipinski definition) is 4. The molecule has 6 nitrogen and oxygen atoms in total. The highest BCUT2D eigenvalue weighted by Crippen LogP contribution is 2.33.